The van der Waals surface area contributed by atoms with Gasteiger partial charge in [0.15, 0.2) is 0 Å². The van der Waals surface area contributed by atoms with Crippen molar-refractivity contribution in [2.24, 2.45) is 0 Å². The van der Waals surface area contributed by atoms with E-state index in [2.05, 4.69) is 9.47 Å². The lowest BCUT2D eigenvalue weighted by Crippen LogP contribution is -2.47. The van der Waals surface area contributed by atoms with E-state index in [1.165, 1.54) is 0 Å². The van der Waals surface area contributed by atoms with Crippen LogP contribution in [0.4, 0.5) is 4.79 Å². The molecule has 0 aliphatic carbocycles. The Morgan fingerprint density at radius 1 is 1.00 bits per heavy atom. The number of esters is 2. The summed E-state index contributed by atoms with van der Waals surface area (Å²) in [6.45, 7) is -1.18. The molecule has 21 heavy (non-hydrogen) atoms. The molecule has 0 heterocycles. The van der Waals surface area contributed by atoms with Gasteiger partial charge in [-0.15, -0.1) is 0 Å². The number of urea groups is 1. The van der Waals surface area contributed by atoms with Crippen molar-refractivity contribution in [2.75, 3.05) is 27.3 Å². The summed E-state index contributed by atoms with van der Waals surface area (Å²) in [7, 11) is 2.16. The Bertz CT molecular complexity index is 453. The third-order valence-electron chi connectivity index (χ3n) is 1.99. The highest BCUT2D eigenvalue weighted by molar-refractivity contribution is 6.03. The minimum absolute atomic E-state index is 0.521. The molecule has 0 radical (unpaired) electrons. The maximum Gasteiger partial charge on any atom is 0.328 e. The molecule has 0 unspecified atom stereocenters. The summed E-state index contributed by atoms with van der Waals surface area (Å²) in [6, 6.07) is -1.08. The molecule has 3 amide bonds. The molecule has 2 N–H and O–H groups in total. The molecular weight excluding hydrogens is 288 g/mol. The molecule has 0 aromatic carbocycles. The number of carbonyl (C=O) groups excluding carboxylic acids is 4. The molecule has 116 valence electrons. The van der Waals surface area contributed by atoms with E-state index >= 15 is 0 Å². The third kappa shape index (κ3) is 7.97. The van der Waals surface area contributed by atoms with E-state index in [-0.39, 0.29) is 0 Å². The maximum absolute atomic E-state index is 11.7. The number of nitrogens with one attached hydrogen (secondary N) is 1. The maximum atomic E-state index is 11.7. The fraction of sp³-hybridized carbons (Fsp3) is 0.364. The molecule has 0 aliphatic rings. The topological polar surface area (TPSA) is 139 Å². The van der Waals surface area contributed by atoms with Crippen LogP contribution >= 0.6 is 0 Å². The monoisotopic (exact) mass is 302 g/mol. The van der Waals surface area contributed by atoms with Crippen molar-refractivity contribution in [3.05, 3.63) is 12.2 Å². The van der Waals surface area contributed by atoms with Gasteiger partial charge < -0.3 is 19.5 Å². The van der Waals surface area contributed by atoms with Gasteiger partial charge in [0.05, 0.1) is 14.2 Å². The van der Waals surface area contributed by atoms with Crippen LogP contribution in [-0.4, -0.2) is 67.2 Å². The Morgan fingerprint density at radius 2 is 1.48 bits per heavy atom. The van der Waals surface area contributed by atoms with Crippen LogP contribution in [0.3, 0.4) is 0 Å². The van der Waals surface area contributed by atoms with Crippen molar-refractivity contribution >= 4 is 29.8 Å². The summed E-state index contributed by atoms with van der Waals surface area (Å²) < 4.78 is 8.68. The van der Waals surface area contributed by atoms with Crippen molar-refractivity contribution in [1.82, 2.24) is 10.2 Å². The van der Waals surface area contributed by atoms with E-state index in [9.17, 15) is 24.0 Å². The first-order chi connectivity index (χ1) is 9.79. The molecule has 0 aliphatic heterocycles. The highest BCUT2D eigenvalue weighted by atomic mass is 16.5. The van der Waals surface area contributed by atoms with E-state index in [0.717, 1.165) is 14.2 Å². The first-order valence-corrected chi connectivity index (χ1v) is 5.44. The second kappa shape index (κ2) is 9.07. The third-order valence-corrected chi connectivity index (χ3v) is 1.99. The van der Waals surface area contributed by atoms with Crippen LogP contribution in [0.2, 0.25) is 0 Å². The zero-order valence-corrected chi connectivity index (χ0v) is 11.3. The number of hydrogen-bond acceptors (Lipinski definition) is 7. The average molecular weight is 302 g/mol. The van der Waals surface area contributed by atoms with Gasteiger partial charge in [-0.1, -0.05) is 0 Å². The second-order valence-electron chi connectivity index (χ2n) is 3.47. The normalized spacial score (nSPS) is 9.81. The number of carboxylic acids is 1. The molecular formula is C11H14N2O8. The summed E-state index contributed by atoms with van der Waals surface area (Å²) in [5, 5.41) is 10.1. The standard InChI is InChI=1S/C11H14N2O8/c1-20-9(17)5-13(6-10(18)21-2)11(19)12-7(14)3-4-8(15)16/h3-4H,5-6H2,1-2H3,(H,15,16)(H,12,14,19). The van der Waals surface area contributed by atoms with E-state index in [1.54, 1.807) is 5.32 Å². The lowest BCUT2D eigenvalue weighted by Gasteiger charge is -2.19. The second-order valence-corrected chi connectivity index (χ2v) is 3.47. The van der Waals surface area contributed by atoms with E-state index in [1.807, 2.05) is 0 Å². The molecule has 0 aromatic rings. The number of imide groups is 1. The van der Waals surface area contributed by atoms with Gasteiger partial charge in [0, 0.05) is 12.2 Å². The number of carboxylic acid groups (broad SMARTS) is 1. The van der Waals surface area contributed by atoms with Crippen LogP contribution in [0.1, 0.15) is 0 Å². The molecule has 10 nitrogen and oxygen atoms in total. The summed E-state index contributed by atoms with van der Waals surface area (Å²) in [5.74, 6) is -4.04. The van der Waals surface area contributed by atoms with E-state index < -0.39 is 42.9 Å². The number of carbonyl (C=O) groups is 5. The Balaban J connectivity index is 4.77. The van der Waals surface area contributed by atoms with Crippen LogP contribution in [0.15, 0.2) is 12.2 Å². The average Bonchev–Trinajstić information content (AvgIpc) is 2.43. The van der Waals surface area contributed by atoms with Crippen LogP contribution in [0, 0.1) is 0 Å². The fourth-order valence-electron chi connectivity index (χ4n) is 1.01. The molecule has 0 bridgehead atoms. The van der Waals surface area contributed by atoms with E-state index in [0.29, 0.717) is 17.1 Å². The smallest absolute Gasteiger partial charge is 0.328 e. The van der Waals surface area contributed by atoms with Gasteiger partial charge in [0.25, 0.3) is 5.91 Å². The van der Waals surface area contributed by atoms with Gasteiger partial charge >= 0.3 is 23.9 Å². The zero-order valence-electron chi connectivity index (χ0n) is 11.3. The predicted molar refractivity (Wildman–Crippen MR) is 65.9 cm³/mol. The lowest BCUT2D eigenvalue weighted by atomic mass is 10.4. The molecule has 0 spiro atoms. The number of hydrogen-bond donors (Lipinski definition) is 2. The largest absolute Gasteiger partial charge is 0.478 e. The lowest BCUT2D eigenvalue weighted by molar-refractivity contribution is -0.144. The molecule has 0 saturated carbocycles. The van der Waals surface area contributed by atoms with E-state index in [4.69, 9.17) is 5.11 Å². The number of nitrogens with zero attached hydrogens (tertiary/aromatic N) is 1. The molecule has 0 rings (SSSR count). The number of methoxy groups -OCH3 is 2. The number of ether oxygens (including phenoxy) is 2. The molecule has 0 aromatic heterocycles. The van der Waals surface area contributed by atoms with Crippen molar-refractivity contribution in [2.45, 2.75) is 0 Å². The van der Waals surface area contributed by atoms with Crippen LogP contribution < -0.4 is 5.32 Å². The summed E-state index contributed by atoms with van der Waals surface area (Å²) in [4.78, 5) is 56.1. The van der Waals surface area contributed by atoms with Crippen molar-refractivity contribution in [1.29, 1.82) is 0 Å². The quantitative estimate of drug-likeness (QED) is 0.447. The number of aliphatic carboxylic acids is 1. The zero-order chi connectivity index (χ0) is 16.4. The summed E-state index contributed by atoms with van der Waals surface area (Å²) in [5.41, 5.74) is 0. The first kappa shape index (κ1) is 18.1. The van der Waals surface area contributed by atoms with Crippen LogP contribution in [0.25, 0.3) is 0 Å². The van der Waals surface area contributed by atoms with Gasteiger partial charge in [0.2, 0.25) is 0 Å². The van der Waals surface area contributed by atoms with Crippen molar-refractivity contribution in [3.63, 3.8) is 0 Å². The van der Waals surface area contributed by atoms with Gasteiger partial charge in [-0.25, -0.2) is 9.59 Å². The fourth-order valence-corrected chi connectivity index (χ4v) is 1.01. The minimum atomic E-state index is -1.38. The molecule has 0 fully saturated rings. The molecule has 10 heteroatoms. The highest BCUT2D eigenvalue weighted by Crippen LogP contribution is 1.93. The van der Waals surface area contributed by atoms with Crippen LogP contribution in [0.5, 0.6) is 0 Å². The minimum Gasteiger partial charge on any atom is -0.478 e. The first-order valence-electron chi connectivity index (χ1n) is 5.44. The Morgan fingerprint density at radius 3 is 1.86 bits per heavy atom. The number of rotatable bonds is 6. The summed E-state index contributed by atoms with van der Waals surface area (Å²) in [6.07, 6.45) is 1.13. The molecule has 0 atom stereocenters. The van der Waals surface area contributed by atoms with Crippen LogP contribution in [-0.2, 0) is 28.7 Å². The summed E-state index contributed by atoms with van der Waals surface area (Å²) >= 11 is 0. The Labute approximate surface area is 119 Å². The predicted octanol–water partition coefficient (Wildman–Crippen LogP) is -1.49. The Hall–Kier alpha value is -2.91. The van der Waals surface area contributed by atoms with Gasteiger partial charge in [0.1, 0.15) is 13.1 Å². The number of amides is 3. The van der Waals surface area contributed by atoms with Gasteiger partial charge in [-0.2, -0.15) is 0 Å². The molecule has 0 saturated heterocycles. The highest BCUT2D eigenvalue weighted by Gasteiger charge is 2.22. The SMILES string of the molecule is COC(=O)CN(CC(=O)OC)C(=O)NC(=O)C=CC(=O)O. The van der Waals surface area contributed by atoms with Gasteiger partial charge in [-0.05, 0) is 0 Å². The Kier molecular flexibility index (Phi) is 7.81. The van der Waals surface area contributed by atoms with Gasteiger partial charge in [-0.3, -0.25) is 19.7 Å². The van der Waals surface area contributed by atoms with Crippen molar-refractivity contribution in [3.8, 4) is 0 Å². The van der Waals surface area contributed by atoms with Crippen molar-refractivity contribution < 1.29 is 38.6 Å².